The van der Waals surface area contributed by atoms with E-state index in [0.29, 0.717) is 6.04 Å². The Balaban J connectivity index is 2.11. The average Bonchev–Trinajstić information content (AvgIpc) is 2.78. The summed E-state index contributed by atoms with van der Waals surface area (Å²) in [5.74, 6) is 1.26. The predicted molar refractivity (Wildman–Crippen MR) is 71.2 cm³/mol. The van der Waals surface area contributed by atoms with E-state index in [2.05, 4.69) is 35.8 Å². The van der Waals surface area contributed by atoms with Crippen LogP contribution in [-0.4, -0.2) is 9.55 Å². The van der Waals surface area contributed by atoms with Crippen molar-refractivity contribution in [2.45, 2.75) is 51.5 Å². The Morgan fingerprint density at radius 2 is 1.94 bits per heavy atom. The number of hydrogen-bond acceptors (Lipinski definition) is 1. The van der Waals surface area contributed by atoms with Crippen LogP contribution >= 0.6 is 0 Å². The maximum atomic E-state index is 4.77. The zero-order valence-electron chi connectivity index (χ0n) is 10.5. The third kappa shape index (κ3) is 1.86. The molecule has 1 aliphatic carbocycles. The molecule has 1 saturated carbocycles. The fourth-order valence-electron chi connectivity index (χ4n) is 3.09. The molecule has 0 radical (unpaired) electrons. The fourth-order valence-corrected chi connectivity index (χ4v) is 3.09. The highest BCUT2D eigenvalue weighted by atomic mass is 15.1. The molecule has 90 valence electrons. The lowest BCUT2D eigenvalue weighted by atomic mass is 9.95. The Morgan fingerprint density at radius 1 is 1.18 bits per heavy atom. The molecule has 1 aliphatic rings. The second-order valence-electron chi connectivity index (χ2n) is 5.03. The predicted octanol–water partition coefficient (Wildman–Crippen LogP) is 4.10. The maximum absolute atomic E-state index is 4.77. The third-order valence-corrected chi connectivity index (χ3v) is 3.92. The molecule has 0 amide bonds. The normalized spacial score (nSPS) is 17.7. The van der Waals surface area contributed by atoms with Crippen LogP contribution in [0.15, 0.2) is 24.3 Å². The van der Waals surface area contributed by atoms with Crippen molar-refractivity contribution in [2.24, 2.45) is 0 Å². The summed E-state index contributed by atoms with van der Waals surface area (Å²) < 4.78 is 2.51. The fraction of sp³-hybridized carbons (Fsp3) is 0.533. The highest BCUT2D eigenvalue weighted by Crippen LogP contribution is 2.32. The largest absolute Gasteiger partial charge is 0.325 e. The van der Waals surface area contributed by atoms with Gasteiger partial charge in [-0.1, -0.05) is 38.3 Å². The molecule has 1 heterocycles. The minimum Gasteiger partial charge on any atom is -0.325 e. The standard InChI is InChI=1S/C15H20N2/c1-2-15-16-13-10-6-7-11-14(13)17(15)12-8-4-3-5-9-12/h6-7,10-12H,2-5,8-9H2,1H3. The molecule has 2 heteroatoms. The van der Waals surface area contributed by atoms with Gasteiger partial charge in [0.2, 0.25) is 0 Å². The van der Waals surface area contributed by atoms with Crippen molar-refractivity contribution in [3.8, 4) is 0 Å². The molecule has 2 aromatic rings. The van der Waals surface area contributed by atoms with Crippen LogP contribution in [0.3, 0.4) is 0 Å². The second-order valence-corrected chi connectivity index (χ2v) is 5.03. The van der Waals surface area contributed by atoms with Gasteiger partial charge in [-0.2, -0.15) is 0 Å². The Morgan fingerprint density at radius 3 is 2.71 bits per heavy atom. The Kier molecular flexibility index (Phi) is 2.87. The van der Waals surface area contributed by atoms with Crippen molar-refractivity contribution in [1.29, 1.82) is 0 Å². The second kappa shape index (κ2) is 4.52. The van der Waals surface area contributed by atoms with Gasteiger partial charge in [0.05, 0.1) is 11.0 Å². The highest BCUT2D eigenvalue weighted by molar-refractivity contribution is 5.76. The Bertz CT molecular complexity index is 507. The van der Waals surface area contributed by atoms with Gasteiger partial charge in [-0.05, 0) is 25.0 Å². The lowest BCUT2D eigenvalue weighted by Crippen LogP contribution is -2.15. The first-order valence-electron chi connectivity index (χ1n) is 6.86. The quantitative estimate of drug-likeness (QED) is 0.756. The minimum absolute atomic E-state index is 0.686. The van der Waals surface area contributed by atoms with E-state index in [1.807, 2.05) is 0 Å². The van der Waals surface area contributed by atoms with E-state index in [0.717, 1.165) is 11.9 Å². The van der Waals surface area contributed by atoms with Gasteiger partial charge in [-0.3, -0.25) is 0 Å². The first-order valence-corrected chi connectivity index (χ1v) is 6.86. The van der Waals surface area contributed by atoms with Gasteiger partial charge in [0, 0.05) is 12.5 Å². The molecule has 0 N–H and O–H groups in total. The molecule has 2 nitrogen and oxygen atoms in total. The minimum atomic E-state index is 0.686. The molecule has 0 unspecified atom stereocenters. The van der Waals surface area contributed by atoms with Crippen LogP contribution in [0.2, 0.25) is 0 Å². The van der Waals surface area contributed by atoms with Gasteiger partial charge < -0.3 is 4.57 Å². The third-order valence-electron chi connectivity index (χ3n) is 3.92. The van der Waals surface area contributed by atoms with Crippen molar-refractivity contribution >= 4 is 11.0 Å². The van der Waals surface area contributed by atoms with Crippen LogP contribution in [0.5, 0.6) is 0 Å². The lowest BCUT2D eigenvalue weighted by Gasteiger charge is -2.25. The van der Waals surface area contributed by atoms with Gasteiger partial charge in [-0.25, -0.2) is 4.98 Å². The molecular weight excluding hydrogens is 208 g/mol. The van der Waals surface area contributed by atoms with E-state index >= 15 is 0 Å². The van der Waals surface area contributed by atoms with Gasteiger partial charge in [0.15, 0.2) is 0 Å². The summed E-state index contributed by atoms with van der Waals surface area (Å²) in [7, 11) is 0. The van der Waals surface area contributed by atoms with E-state index < -0.39 is 0 Å². The number of aryl methyl sites for hydroxylation is 1. The summed E-state index contributed by atoms with van der Waals surface area (Å²) in [6, 6.07) is 9.25. The van der Waals surface area contributed by atoms with Crippen molar-refractivity contribution in [3.05, 3.63) is 30.1 Å². The zero-order valence-corrected chi connectivity index (χ0v) is 10.5. The SMILES string of the molecule is CCc1nc2ccccc2n1C1CCCCC1. The van der Waals surface area contributed by atoms with Crippen LogP contribution in [-0.2, 0) is 6.42 Å². The number of fused-ring (bicyclic) bond motifs is 1. The van der Waals surface area contributed by atoms with Crippen LogP contribution in [0.25, 0.3) is 11.0 Å². The highest BCUT2D eigenvalue weighted by Gasteiger charge is 2.20. The molecular formula is C15H20N2. The molecule has 1 aromatic heterocycles. The zero-order chi connectivity index (χ0) is 11.7. The van der Waals surface area contributed by atoms with Gasteiger partial charge in [-0.15, -0.1) is 0 Å². The summed E-state index contributed by atoms with van der Waals surface area (Å²) in [5, 5.41) is 0. The van der Waals surface area contributed by atoms with Gasteiger partial charge >= 0.3 is 0 Å². The number of imidazole rings is 1. The molecule has 1 fully saturated rings. The van der Waals surface area contributed by atoms with Crippen LogP contribution in [0.4, 0.5) is 0 Å². The van der Waals surface area contributed by atoms with E-state index in [-0.39, 0.29) is 0 Å². The summed E-state index contributed by atoms with van der Waals surface area (Å²) >= 11 is 0. The summed E-state index contributed by atoms with van der Waals surface area (Å²) in [6.45, 7) is 2.21. The van der Waals surface area contributed by atoms with Crippen LogP contribution in [0, 0.1) is 0 Å². The lowest BCUT2D eigenvalue weighted by molar-refractivity contribution is 0.353. The van der Waals surface area contributed by atoms with E-state index in [1.54, 1.807) is 0 Å². The van der Waals surface area contributed by atoms with Crippen molar-refractivity contribution in [3.63, 3.8) is 0 Å². The van der Waals surface area contributed by atoms with Crippen LogP contribution in [0.1, 0.15) is 50.9 Å². The number of benzene rings is 1. The number of rotatable bonds is 2. The van der Waals surface area contributed by atoms with Crippen molar-refractivity contribution in [1.82, 2.24) is 9.55 Å². The number of nitrogens with zero attached hydrogens (tertiary/aromatic N) is 2. The summed E-state index contributed by atoms with van der Waals surface area (Å²) in [4.78, 5) is 4.77. The van der Waals surface area contributed by atoms with E-state index in [4.69, 9.17) is 4.98 Å². The van der Waals surface area contributed by atoms with E-state index in [9.17, 15) is 0 Å². The van der Waals surface area contributed by atoms with Crippen molar-refractivity contribution < 1.29 is 0 Å². The molecule has 3 rings (SSSR count). The Labute approximate surface area is 103 Å². The first-order chi connectivity index (χ1) is 8.40. The maximum Gasteiger partial charge on any atom is 0.109 e. The van der Waals surface area contributed by atoms with Gasteiger partial charge in [0.1, 0.15) is 5.82 Å². The average molecular weight is 228 g/mol. The molecule has 17 heavy (non-hydrogen) atoms. The number of para-hydroxylation sites is 2. The summed E-state index contributed by atoms with van der Waals surface area (Å²) in [6.07, 6.45) is 7.84. The smallest absolute Gasteiger partial charge is 0.109 e. The molecule has 1 aromatic carbocycles. The monoisotopic (exact) mass is 228 g/mol. The molecule has 0 aliphatic heterocycles. The molecule has 0 atom stereocenters. The topological polar surface area (TPSA) is 17.8 Å². The Hall–Kier alpha value is -1.31. The number of hydrogen-bond donors (Lipinski definition) is 0. The number of aromatic nitrogens is 2. The van der Waals surface area contributed by atoms with E-state index in [1.165, 1.54) is 43.4 Å². The molecule has 0 saturated heterocycles. The molecule has 0 spiro atoms. The van der Waals surface area contributed by atoms with Gasteiger partial charge in [0.25, 0.3) is 0 Å². The van der Waals surface area contributed by atoms with Crippen LogP contribution < -0.4 is 0 Å². The summed E-state index contributed by atoms with van der Waals surface area (Å²) in [5.41, 5.74) is 2.49. The van der Waals surface area contributed by atoms with Crippen molar-refractivity contribution in [2.75, 3.05) is 0 Å². The first kappa shape index (κ1) is 10.8. The molecule has 0 bridgehead atoms.